The van der Waals surface area contributed by atoms with Crippen LogP contribution in [0.1, 0.15) is 432 Å². The average molecular weight is 1170 g/mol. The Morgan fingerprint density at radius 2 is 0.398 bits per heavy atom. The summed E-state index contributed by atoms with van der Waals surface area (Å²) >= 11 is 0. The van der Waals surface area contributed by atoms with Crippen LogP contribution in [-0.2, 0) is 28.6 Å². The fourth-order valence-corrected chi connectivity index (χ4v) is 11.7. The molecule has 6 heteroatoms. The van der Waals surface area contributed by atoms with Gasteiger partial charge in [0.05, 0.1) is 0 Å². The maximum absolute atomic E-state index is 13.0. The van der Waals surface area contributed by atoms with Crippen LogP contribution in [0.15, 0.2) is 24.3 Å². The Kier molecular flexibility index (Phi) is 70.5. The molecule has 0 amide bonds. The second-order valence-corrected chi connectivity index (χ2v) is 25.9. The van der Waals surface area contributed by atoms with E-state index in [4.69, 9.17) is 14.2 Å². The van der Waals surface area contributed by atoms with Crippen molar-refractivity contribution in [3.63, 3.8) is 0 Å². The van der Waals surface area contributed by atoms with Crippen molar-refractivity contribution in [1.29, 1.82) is 0 Å². The third-order valence-electron chi connectivity index (χ3n) is 17.4. The van der Waals surface area contributed by atoms with Gasteiger partial charge in [-0.25, -0.2) is 0 Å². The molecule has 0 radical (unpaired) electrons. The maximum Gasteiger partial charge on any atom is 0.306 e. The van der Waals surface area contributed by atoms with Crippen molar-refractivity contribution >= 4 is 17.9 Å². The number of hydrogen-bond donors (Lipinski definition) is 0. The van der Waals surface area contributed by atoms with Gasteiger partial charge in [-0.15, -0.1) is 0 Å². The summed E-state index contributed by atoms with van der Waals surface area (Å²) in [4.78, 5) is 38.5. The topological polar surface area (TPSA) is 78.9 Å². The lowest BCUT2D eigenvalue weighted by Gasteiger charge is -2.18. The van der Waals surface area contributed by atoms with E-state index in [1.165, 1.54) is 327 Å². The fourth-order valence-electron chi connectivity index (χ4n) is 11.7. The zero-order chi connectivity index (χ0) is 59.9. The summed E-state index contributed by atoms with van der Waals surface area (Å²) in [6, 6.07) is 0. The molecule has 0 spiro atoms. The Balaban J connectivity index is 4.22. The van der Waals surface area contributed by atoms with Gasteiger partial charge >= 0.3 is 17.9 Å². The van der Waals surface area contributed by atoms with E-state index in [2.05, 4.69) is 45.1 Å². The van der Waals surface area contributed by atoms with Gasteiger partial charge in [0, 0.05) is 19.3 Å². The molecule has 490 valence electrons. The SMILES string of the molecule is CCCCCCCC/C=C\CCCCCCCC(=O)OCC(COC(=O)CCCCCCCCCCCCCCCCC/C=C\CCCCCCCCCC)OC(=O)CCCCCCCCCCCCCCCCCCCCCCCCC. The molecule has 0 rings (SSSR count). The molecule has 0 N–H and O–H groups in total. The molecule has 0 fully saturated rings. The minimum absolute atomic E-state index is 0.0675. The smallest absolute Gasteiger partial charge is 0.306 e. The van der Waals surface area contributed by atoms with Crippen molar-refractivity contribution in [2.24, 2.45) is 0 Å². The second kappa shape index (κ2) is 72.4. The van der Waals surface area contributed by atoms with Gasteiger partial charge in [-0.1, -0.05) is 366 Å². The van der Waals surface area contributed by atoms with Crippen LogP contribution < -0.4 is 0 Å². The predicted molar refractivity (Wildman–Crippen MR) is 363 cm³/mol. The Morgan fingerprint density at radius 3 is 0.602 bits per heavy atom. The molecular formula is C77H146O6. The molecule has 83 heavy (non-hydrogen) atoms. The molecule has 0 aromatic rings. The number of hydrogen-bond acceptors (Lipinski definition) is 6. The lowest BCUT2D eigenvalue weighted by molar-refractivity contribution is -0.167. The number of allylic oxidation sites excluding steroid dienone is 4. The number of carbonyl (C=O) groups excluding carboxylic acids is 3. The minimum atomic E-state index is -0.772. The molecule has 0 aliphatic rings. The van der Waals surface area contributed by atoms with Gasteiger partial charge < -0.3 is 14.2 Å². The van der Waals surface area contributed by atoms with Crippen molar-refractivity contribution < 1.29 is 28.6 Å². The summed E-state index contributed by atoms with van der Waals surface area (Å²) in [5.41, 5.74) is 0. The van der Waals surface area contributed by atoms with E-state index in [1.54, 1.807) is 0 Å². The molecule has 0 heterocycles. The van der Waals surface area contributed by atoms with E-state index in [0.717, 1.165) is 64.2 Å². The van der Waals surface area contributed by atoms with Crippen molar-refractivity contribution in [3.05, 3.63) is 24.3 Å². The van der Waals surface area contributed by atoms with Gasteiger partial charge in [0.25, 0.3) is 0 Å². The Bertz CT molecular complexity index is 1340. The van der Waals surface area contributed by atoms with Crippen LogP contribution in [0.5, 0.6) is 0 Å². The van der Waals surface area contributed by atoms with E-state index in [9.17, 15) is 14.4 Å². The van der Waals surface area contributed by atoms with E-state index < -0.39 is 6.10 Å². The van der Waals surface area contributed by atoms with Crippen LogP contribution in [0.3, 0.4) is 0 Å². The lowest BCUT2D eigenvalue weighted by atomic mass is 10.0. The first kappa shape index (κ1) is 80.9. The van der Waals surface area contributed by atoms with Crippen molar-refractivity contribution in [1.82, 2.24) is 0 Å². The Morgan fingerprint density at radius 1 is 0.229 bits per heavy atom. The van der Waals surface area contributed by atoms with Crippen LogP contribution in [0.25, 0.3) is 0 Å². The van der Waals surface area contributed by atoms with Gasteiger partial charge in [0.1, 0.15) is 13.2 Å². The Hall–Kier alpha value is -2.11. The van der Waals surface area contributed by atoms with E-state index in [-0.39, 0.29) is 31.1 Å². The lowest BCUT2D eigenvalue weighted by Crippen LogP contribution is -2.30. The van der Waals surface area contributed by atoms with Gasteiger partial charge in [0.15, 0.2) is 6.10 Å². The van der Waals surface area contributed by atoms with Crippen LogP contribution in [-0.4, -0.2) is 37.2 Å². The standard InChI is InChI=1S/C77H146O6/c1-4-7-10-13-16-19-22-25-28-30-32-34-36-37-38-39-41-42-44-46-49-52-55-58-61-64-67-70-76(79)82-73-74(72-81-75(78)69-66-63-60-57-54-51-48-27-24-21-18-15-12-9-6-3)83-77(80)71-68-65-62-59-56-53-50-47-45-43-40-35-33-31-29-26-23-20-17-14-11-8-5-2/h27,30,32,48,74H,4-26,28-29,31,33-47,49-73H2,1-3H3/b32-30-,48-27-. The molecule has 6 nitrogen and oxygen atoms in total. The minimum Gasteiger partial charge on any atom is -0.462 e. The highest BCUT2D eigenvalue weighted by Gasteiger charge is 2.20. The van der Waals surface area contributed by atoms with Crippen LogP contribution >= 0.6 is 0 Å². The van der Waals surface area contributed by atoms with Crippen LogP contribution in [0, 0.1) is 0 Å². The largest absolute Gasteiger partial charge is 0.462 e. The highest BCUT2D eigenvalue weighted by molar-refractivity contribution is 5.71. The highest BCUT2D eigenvalue weighted by atomic mass is 16.6. The van der Waals surface area contributed by atoms with Crippen molar-refractivity contribution in [2.45, 2.75) is 438 Å². The quantitative estimate of drug-likeness (QED) is 0.0261. The average Bonchev–Trinajstić information content (AvgIpc) is 3.49. The van der Waals surface area contributed by atoms with Crippen LogP contribution in [0.4, 0.5) is 0 Å². The molecule has 0 saturated heterocycles. The molecular weight excluding hydrogens is 1020 g/mol. The van der Waals surface area contributed by atoms with Crippen molar-refractivity contribution in [2.75, 3.05) is 13.2 Å². The van der Waals surface area contributed by atoms with Gasteiger partial charge in [-0.2, -0.15) is 0 Å². The first-order valence-corrected chi connectivity index (χ1v) is 37.8. The van der Waals surface area contributed by atoms with E-state index in [0.29, 0.717) is 19.3 Å². The van der Waals surface area contributed by atoms with Crippen molar-refractivity contribution in [3.8, 4) is 0 Å². The van der Waals surface area contributed by atoms with Gasteiger partial charge in [-0.05, 0) is 70.6 Å². The van der Waals surface area contributed by atoms with Gasteiger partial charge in [0.2, 0.25) is 0 Å². The van der Waals surface area contributed by atoms with Crippen LogP contribution in [0.2, 0.25) is 0 Å². The molecule has 0 aliphatic carbocycles. The summed E-state index contributed by atoms with van der Waals surface area (Å²) in [5.74, 6) is -0.840. The number of rotatable bonds is 71. The molecule has 0 saturated carbocycles. The first-order valence-electron chi connectivity index (χ1n) is 37.8. The fraction of sp³-hybridized carbons (Fsp3) is 0.909. The number of carbonyl (C=O) groups is 3. The summed E-state index contributed by atoms with van der Waals surface area (Å²) < 4.78 is 17.0. The summed E-state index contributed by atoms with van der Waals surface area (Å²) in [6.07, 6.45) is 89.4. The second-order valence-electron chi connectivity index (χ2n) is 25.9. The number of esters is 3. The summed E-state index contributed by atoms with van der Waals surface area (Å²) in [5, 5.41) is 0. The summed E-state index contributed by atoms with van der Waals surface area (Å²) in [7, 11) is 0. The molecule has 0 aliphatic heterocycles. The predicted octanol–water partition coefficient (Wildman–Crippen LogP) is 26.1. The summed E-state index contributed by atoms with van der Waals surface area (Å²) in [6.45, 7) is 6.72. The molecule has 0 bridgehead atoms. The highest BCUT2D eigenvalue weighted by Crippen LogP contribution is 2.19. The monoisotopic (exact) mass is 1170 g/mol. The molecule has 0 aromatic carbocycles. The Labute approximate surface area is 519 Å². The van der Waals surface area contributed by atoms with E-state index >= 15 is 0 Å². The normalized spacial score (nSPS) is 12.1. The molecule has 1 unspecified atom stereocenters. The number of unbranched alkanes of at least 4 members (excludes halogenated alkanes) is 56. The maximum atomic E-state index is 13.0. The third kappa shape index (κ3) is 70.5. The van der Waals surface area contributed by atoms with Gasteiger partial charge in [-0.3, -0.25) is 14.4 Å². The molecule has 0 aromatic heterocycles. The zero-order valence-electron chi connectivity index (χ0n) is 56.5. The molecule has 1 atom stereocenters. The first-order chi connectivity index (χ1) is 41.0. The number of ether oxygens (including phenoxy) is 3. The third-order valence-corrected chi connectivity index (χ3v) is 17.4. The zero-order valence-corrected chi connectivity index (χ0v) is 56.5. The van der Waals surface area contributed by atoms with E-state index in [1.807, 2.05) is 0 Å².